The van der Waals surface area contributed by atoms with Crippen LogP contribution in [0.3, 0.4) is 0 Å². The van der Waals surface area contributed by atoms with Crippen molar-refractivity contribution >= 4 is 126 Å². The molecule has 10 N–H and O–H groups in total. The highest BCUT2D eigenvalue weighted by atomic mass is 32.2. The second kappa shape index (κ2) is 44.5. The lowest BCUT2D eigenvalue weighted by Gasteiger charge is -2.33. The van der Waals surface area contributed by atoms with Gasteiger partial charge in [0, 0.05) is 135 Å². The number of aryl methyl sites for hydroxylation is 4. The van der Waals surface area contributed by atoms with Crippen LogP contribution in [0.5, 0.6) is 0 Å². The van der Waals surface area contributed by atoms with Crippen LogP contribution in [0.25, 0.3) is 41.8 Å². The lowest BCUT2D eigenvalue weighted by molar-refractivity contribution is 0.000529. The van der Waals surface area contributed by atoms with Gasteiger partial charge in [-0.25, -0.2) is 65.9 Å². The summed E-state index contributed by atoms with van der Waals surface area (Å²) >= 11 is 4.37. The number of hydrogen-bond acceptors (Lipinski definition) is 29. The number of aliphatic hydroxyl groups excluding tert-OH is 1. The third-order valence-electron chi connectivity index (χ3n) is 25.6. The number of piperidine rings is 1. The first kappa shape index (κ1) is 113. The van der Waals surface area contributed by atoms with E-state index in [1.165, 1.54) is 27.6 Å². The van der Waals surface area contributed by atoms with Crippen molar-refractivity contribution in [3.63, 3.8) is 0 Å². The molecule has 6 aliphatic rings. The van der Waals surface area contributed by atoms with Crippen molar-refractivity contribution in [2.75, 3.05) is 85.7 Å². The summed E-state index contributed by atoms with van der Waals surface area (Å²) in [5, 5.41) is 51.7. The minimum Gasteiger partial charge on any atom is -0.394 e. The number of anilines is 4. The Morgan fingerprint density at radius 1 is 0.517 bits per heavy atom. The van der Waals surface area contributed by atoms with Crippen LogP contribution in [0.1, 0.15) is 313 Å². The van der Waals surface area contributed by atoms with E-state index in [1.807, 2.05) is 61.8 Å². The number of sulfone groups is 1. The number of fused-ring (bicyclic) bond motifs is 2. The number of pyridine rings is 4. The molecule has 6 fully saturated rings. The molecule has 782 valence electrons. The van der Waals surface area contributed by atoms with Gasteiger partial charge >= 0.3 is 0 Å². The predicted molar refractivity (Wildman–Crippen MR) is 555 cm³/mol. The minimum absolute atomic E-state index is 0.00261. The lowest BCUT2D eigenvalue weighted by Crippen LogP contribution is -2.52. The Hall–Kier alpha value is -10.4. The molecule has 8 amide bonds. The van der Waals surface area contributed by atoms with Crippen LogP contribution in [-0.2, 0) is 9.84 Å². The number of aromatic nitrogens is 8. The van der Waals surface area contributed by atoms with Crippen LogP contribution >= 0.6 is 45.3 Å². The molecule has 0 radical (unpaired) electrons. The average molecular weight is 2080 g/mol. The highest BCUT2D eigenvalue weighted by molar-refractivity contribution is 7.92. The number of likely N-dealkylation sites (tertiary alicyclic amines) is 3. The molecule has 0 spiro atoms. The summed E-state index contributed by atoms with van der Waals surface area (Å²) in [6, 6.07) is 6.20. The van der Waals surface area contributed by atoms with Gasteiger partial charge in [-0.1, -0.05) is 48.5 Å². The molecule has 33 nitrogen and oxygen atoms in total. The second-order valence-electron chi connectivity index (χ2n) is 44.2. The van der Waals surface area contributed by atoms with Gasteiger partial charge < -0.3 is 77.0 Å². The second-order valence-corrected chi connectivity index (χ2v) is 50.3. The molecule has 6 saturated heterocycles. The summed E-state index contributed by atoms with van der Waals surface area (Å²) < 4.78 is 79.1. The zero-order valence-electron chi connectivity index (χ0n) is 87.0. The Morgan fingerprint density at radius 2 is 0.902 bits per heavy atom. The fourth-order valence-electron chi connectivity index (χ4n) is 17.1. The third-order valence-corrected chi connectivity index (χ3v) is 31.8. The first-order chi connectivity index (χ1) is 66.2. The van der Waals surface area contributed by atoms with E-state index in [-0.39, 0.29) is 108 Å². The van der Waals surface area contributed by atoms with Crippen molar-refractivity contribution in [1.82, 2.24) is 80.3 Å². The minimum atomic E-state index is -3.15. The topological polar surface area (TPSA) is 435 Å². The molecule has 2 bridgehead atoms. The number of hydrogen-bond donors (Lipinski definition) is 10. The van der Waals surface area contributed by atoms with Crippen molar-refractivity contribution in [2.45, 2.75) is 320 Å². The molecule has 0 saturated carbocycles. The Morgan fingerprint density at radius 3 is 1.28 bits per heavy atom. The van der Waals surface area contributed by atoms with E-state index in [4.69, 9.17) is 0 Å². The van der Waals surface area contributed by atoms with Gasteiger partial charge in [0.2, 0.25) is 0 Å². The van der Waals surface area contributed by atoms with Gasteiger partial charge in [0.1, 0.15) is 46.0 Å². The number of carbonyl (C=O) groups excluding carboxylic acids is 8. The fraction of sp³-hybridized carbons (Fsp3) is 0.604. The van der Waals surface area contributed by atoms with Crippen LogP contribution < -0.4 is 37.2 Å². The SMILES string of the molecule is CC[C@@H](C)Nc1cc(C)c(-c2sc(C(=O)N(C)C(C)C(C)(C)O)nc2C(=O)N2CCCC[C@@H]2C)cn1.Cc1cc(NC(C)(C)C)ncc1-c1sc(C(=O)NCC(C)(C)O)nc1C(=O)N1C2CCC1CC2.Cc1cc(NCC(C)(C)C)ncc1-c1sc(C(=O)NC(C)(C)CO)nc1C(=O)N1CC(F)(F)C[C@@H]1C.Cc1cc(NCC(C)(C)C)ncc1-c1sc(C(=O)NC2CS(=O)(=O)C2)nc1C(=O)N1CC(F)(F)C[C@@H]1C. The molecule has 0 aliphatic carbocycles. The Kier molecular flexibility index (Phi) is 35.2. The molecule has 5 atom stereocenters. The average Bonchev–Trinajstić information content (AvgIpc) is 1.61. The van der Waals surface area contributed by atoms with Crippen LogP contribution in [-0.4, -0.2) is 282 Å². The zero-order valence-corrected chi connectivity index (χ0v) is 91.0. The van der Waals surface area contributed by atoms with Crippen molar-refractivity contribution in [1.29, 1.82) is 0 Å². The first-order valence-corrected chi connectivity index (χ1v) is 53.7. The fourth-order valence-corrected chi connectivity index (χ4v) is 22.7. The molecule has 14 rings (SSSR count). The normalized spacial score (nSPS) is 19.2. The van der Waals surface area contributed by atoms with Gasteiger partial charge in [-0.2, -0.15) is 0 Å². The number of nitrogens with one attached hydrogen (secondary N) is 7. The van der Waals surface area contributed by atoms with Crippen LogP contribution in [0.2, 0.25) is 0 Å². The van der Waals surface area contributed by atoms with Crippen molar-refractivity contribution in [3.05, 3.63) is 114 Å². The molecule has 0 aromatic carbocycles. The summed E-state index contributed by atoms with van der Waals surface area (Å²) in [4.78, 5) is 152. The molecule has 14 heterocycles. The molecular formula is C101H142F4N20O13S5. The number of likely N-dealkylation sites (N-methyl/N-ethyl adjacent to an activating group) is 1. The smallest absolute Gasteiger partial charge is 0.282 e. The monoisotopic (exact) mass is 2080 g/mol. The standard InChI is InChI=1S/C27H41N5O3S.C25H35F2N5O3S.C25H35N5O3S.C24H31F2N5O4S2/c1-9-17(3)29-21-14-16(2)20(15-28-21)23-22(25(33)32-13-11-10-12-18(32)4)30-24(36-23)26(34)31(8)19(5)27(6,7)35;1-14-8-17(29-11-23(3,4)5)28-10-16(14)19-18(22(35)32-12-25(26,27)9-15(32)2)30-21(36-19)20(34)31-24(6,7)13-33;1-14-11-18(29-24(2,3)4)26-12-17(14)20-19(23(32)30-15-7-8-16(30)10-9-15)28-22(34-20)21(31)27-13-25(5,6)33;1-13-6-17(28-11-23(3,4)5)27-8-16(13)19-18(22(33)31-12-24(25,26)7-14(31)2)30-21(36-19)20(32)29-15-9-37(34,35)10-15/h14-15,17-19,35H,9-13H2,1-8H3,(H,28,29);8,10,15,33H,9,11-13H2,1-7H3,(H,28,29)(H,31,34);11-12,15-16,33H,7-10,13H2,1-6H3,(H,26,29)(H,27,31);6,8,14-15H,7,9-12H2,1-5H3,(H,27,28)(H,29,32)/t17-,18+,19?;15-;;14-/m10.0/s1. The first-order valence-electron chi connectivity index (χ1n) is 48.6. The molecule has 8 aromatic heterocycles. The maximum absolute atomic E-state index is 14.1. The van der Waals surface area contributed by atoms with E-state index in [1.54, 1.807) is 94.1 Å². The molecule has 8 aromatic rings. The van der Waals surface area contributed by atoms with Crippen LogP contribution in [0.15, 0.2) is 49.1 Å². The van der Waals surface area contributed by atoms with E-state index < -0.39 is 118 Å². The quantitative estimate of drug-likeness (QED) is 0.0214. The van der Waals surface area contributed by atoms with Gasteiger partial charge in [0.25, 0.3) is 59.1 Å². The maximum Gasteiger partial charge on any atom is 0.282 e. The molecule has 42 heteroatoms. The number of alkyl halides is 4. The summed E-state index contributed by atoms with van der Waals surface area (Å²) in [6.45, 7) is 48.0. The highest BCUT2D eigenvalue weighted by Crippen LogP contribution is 2.45. The largest absolute Gasteiger partial charge is 0.394 e. The highest BCUT2D eigenvalue weighted by Gasteiger charge is 2.50. The van der Waals surface area contributed by atoms with Crippen molar-refractivity contribution in [2.24, 2.45) is 10.8 Å². The van der Waals surface area contributed by atoms with Crippen LogP contribution in [0.4, 0.5) is 40.8 Å². The van der Waals surface area contributed by atoms with Gasteiger partial charge in [-0.3, -0.25) is 38.4 Å². The Balaban J connectivity index is 0.000000182. The molecule has 143 heavy (non-hydrogen) atoms. The van der Waals surface area contributed by atoms with E-state index >= 15 is 0 Å². The molecular weight excluding hydrogens is 1940 g/mol. The summed E-state index contributed by atoms with van der Waals surface area (Å²) in [5.74, 6) is -6.92. The molecule has 1 unspecified atom stereocenters. The maximum atomic E-state index is 14.1. The zero-order chi connectivity index (χ0) is 106. The van der Waals surface area contributed by atoms with Gasteiger partial charge in [0.05, 0.1) is 79.5 Å². The number of amides is 8. The summed E-state index contributed by atoms with van der Waals surface area (Å²) in [5.41, 5.74) is 3.60. The van der Waals surface area contributed by atoms with E-state index in [0.717, 1.165) is 129 Å². The van der Waals surface area contributed by atoms with E-state index in [9.17, 15) is 79.7 Å². The van der Waals surface area contributed by atoms with Gasteiger partial charge in [0.15, 0.2) is 29.9 Å². The number of thiazole rings is 4. The van der Waals surface area contributed by atoms with E-state index in [2.05, 4.69) is 160 Å². The lowest BCUT2D eigenvalue weighted by atomic mass is 9.97. The summed E-state index contributed by atoms with van der Waals surface area (Å²) in [6.07, 6.45) is 13.9. The van der Waals surface area contributed by atoms with Crippen molar-refractivity contribution < 1.29 is 79.7 Å². The summed E-state index contributed by atoms with van der Waals surface area (Å²) in [7, 11) is -1.49. The number of rotatable bonds is 27. The Bertz CT molecular complexity index is 6100. The third kappa shape index (κ3) is 29.1. The van der Waals surface area contributed by atoms with Gasteiger partial charge in [-0.15, -0.1) is 45.3 Å². The van der Waals surface area contributed by atoms with Crippen LogP contribution in [0, 0.1) is 38.5 Å². The van der Waals surface area contributed by atoms with Crippen molar-refractivity contribution in [3.8, 4) is 41.8 Å². The molecule has 6 aliphatic heterocycles. The number of aliphatic hydroxyl groups is 3. The van der Waals surface area contributed by atoms with E-state index in [0.29, 0.717) is 79.3 Å². The Labute approximate surface area is 852 Å². The number of halogens is 4. The predicted octanol–water partition coefficient (Wildman–Crippen LogP) is 16.7. The van der Waals surface area contributed by atoms with Gasteiger partial charge in [-0.05, 0) is 233 Å². The number of nitrogens with zero attached hydrogens (tertiary/aromatic N) is 13. The number of carbonyl (C=O) groups is 8.